The smallest absolute Gasteiger partial charge is 0.247 e. The van der Waals surface area contributed by atoms with Crippen LogP contribution in [0.3, 0.4) is 0 Å². The Morgan fingerprint density at radius 1 is 1.11 bits per heavy atom. The van der Waals surface area contributed by atoms with Gasteiger partial charge < -0.3 is 14.4 Å². The molecular weight excluding hydrogens is 387 g/mol. The monoisotopic (exact) mass is 410 g/mol. The Bertz CT molecular complexity index is 949. The summed E-state index contributed by atoms with van der Waals surface area (Å²) in [5.41, 5.74) is 0.557. The number of hydrogen-bond acceptors (Lipinski definition) is 5. The normalized spacial score (nSPS) is 11.4. The summed E-state index contributed by atoms with van der Waals surface area (Å²) in [5, 5.41) is 0. The lowest BCUT2D eigenvalue weighted by Gasteiger charge is -2.24. The van der Waals surface area contributed by atoms with Gasteiger partial charge in [0.15, 0.2) is 0 Å². The summed E-state index contributed by atoms with van der Waals surface area (Å²) in [6, 6.07) is 10.1. The third-order valence-electron chi connectivity index (χ3n) is 4.22. The maximum Gasteiger partial charge on any atom is 0.247 e. The number of sulfonamides is 1. The molecule has 0 saturated carbocycles. The van der Waals surface area contributed by atoms with Gasteiger partial charge in [-0.1, -0.05) is 13.0 Å². The number of methoxy groups -OCH3 is 2. The lowest BCUT2D eigenvalue weighted by atomic mass is 10.2. The summed E-state index contributed by atoms with van der Waals surface area (Å²) in [6.07, 6.45) is 0. The molecule has 2 rings (SSSR count). The van der Waals surface area contributed by atoms with E-state index in [-0.39, 0.29) is 17.2 Å². The van der Waals surface area contributed by atoms with E-state index in [2.05, 4.69) is 0 Å². The standard InChI is InChI=1S/C19H23FN2O5S/c1-5-22(28(24,25)18-11-14(20)9-10-17(18)27-4)13-19(23)21(2)15-7-6-8-16(12-15)26-3/h6-12H,5,13H2,1-4H3. The van der Waals surface area contributed by atoms with Gasteiger partial charge in [-0.3, -0.25) is 4.79 Å². The first kappa shape index (κ1) is 21.6. The molecule has 0 aliphatic heterocycles. The third kappa shape index (κ3) is 4.60. The SMILES string of the molecule is CCN(CC(=O)N(C)c1cccc(OC)c1)S(=O)(=O)c1cc(F)ccc1OC. The van der Waals surface area contributed by atoms with Gasteiger partial charge in [-0.15, -0.1) is 0 Å². The number of benzene rings is 2. The van der Waals surface area contributed by atoms with Crippen molar-refractivity contribution in [3.63, 3.8) is 0 Å². The molecule has 7 nitrogen and oxygen atoms in total. The lowest BCUT2D eigenvalue weighted by molar-refractivity contribution is -0.118. The van der Waals surface area contributed by atoms with Crippen molar-refractivity contribution in [1.29, 1.82) is 0 Å². The minimum Gasteiger partial charge on any atom is -0.497 e. The number of halogens is 1. The Kier molecular flexibility index (Phi) is 6.98. The average Bonchev–Trinajstić information content (AvgIpc) is 2.70. The quantitative estimate of drug-likeness (QED) is 0.668. The topological polar surface area (TPSA) is 76.2 Å². The number of rotatable bonds is 8. The zero-order valence-electron chi connectivity index (χ0n) is 16.2. The highest BCUT2D eigenvalue weighted by molar-refractivity contribution is 7.89. The molecule has 0 saturated heterocycles. The van der Waals surface area contributed by atoms with E-state index < -0.39 is 28.3 Å². The van der Waals surface area contributed by atoms with Gasteiger partial charge in [0.2, 0.25) is 15.9 Å². The van der Waals surface area contributed by atoms with Crippen molar-refractivity contribution in [2.24, 2.45) is 0 Å². The van der Waals surface area contributed by atoms with Gasteiger partial charge in [0.1, 0.15) is 22.2 Å². The highest BCUT2D eigenvalue weighted by Gasteiger charge is 2.30. The number of nitrogens with zero attached hydrogens (tertiary/aromatic N) is 2. The van der Waals surface area contributed by atoms with E-state index in [0.717, 1.165) is 16.4 Å². The average molecular weight is 410 g/mol. The van der Waals surface area contributed by atoms with Crippen molar-refractivity contribution in [2.75, 3.05) is 39.3 Å². The number of hydrogen-bond donors (Lipinski definition) is 0. The molecule has 0 aliphatic rings. The van der Waals surface area contributed by atoms with Gasteiger partial charge in [0.05, 0.1) is 20.8 Å². The second-order valence-corrected chi connectivity index (χ2v) is 7.79. The van der Waals surface area contributed by atoms with Crippen LogP contribution in [0.1, 0.15) is 6.92 Å². The Morgan fingerprint density at radius 3 is 2.43 bits per heavy atom. The molecule has 0 radical (unpaired) electrons. The van der Waals surface area contributed by atoms with Crippen molar-refractivity contribution in [3.8, 4) is 11.5 Å². The molecule has 152 valence electrons. The molecule has 0 aliphatic carbocycles. The highest BCUT2D eigenvalue weighted by atomic mass is 32.2. The van der Waals surface area contributed by atoms with E-state index in [4.69, 9.17) is 9.47 Å². The molecule has 0 aromatic heterocycles. The minimum absolute atomic E-state index is 0.00782. The van der Waals surface area contributed by atoms with E-state index in [0.29, 0.717) is 11.4 Å². The largest absolute Gasteiger partial charge is 0.497 e. The van der Waals surface area contributed by atoms with Crippen LogP contribution in [-0.2, 0) is 14.8 Å². The minimum atomic E-state index is -4.14. The molecule has 0 fully saturated rings. The van der Waals surface area contributed by atoms with Gasteiger partial charge in [-0.05, 0) is 30.3 Å². The number of anilines is 1. The molecule has 2 aromatic carbocycles. The lowest BCUT2D eigenvalue weighted by Crippen LogP contribution is -2.41. The predicted molar refractivity (Wildman–Crippen MR) is 104 cm³/mol. The highest BCUT2D eigenvalue weighted by Crippen LogP contribution is 2.28. The first-order valence-corrected chi connectivity index (χ1v) is 9.92. The van der Waals surface area contributed by atoms with Crippen LogP contribution in [0, 0.1) is 5.82 Å². The van der Waals surface area contributed by atoms with Gasteiger partial charge in [-0.25, -0.2) is 12.8 Å². The number of ether oxygens (including phenoxy) is 2. The van der Waals surface area contributed by atoms with Crippen molar-refractivity contribution in [1.82, 2.24) is 4.31 Å². The molecule has 0 atom stereocenters. The first-order valence-electron chi connectivity index (χ1n) is 8.48. The Balaban J connectivity index is 2.29. The van der Waals surface area contributed by atoms with E-state index in [9.17, 15) is 17.6 Å². The van der Waals surface area contributed by atoms with Crippen molar-refractivity contribution in [3.05, 3.63) is 48.3 Å². The molecule has 0 unspecified atom stereocenters. The van der Waals surface area contributed by atoms with Crippen LogP contribution in [0.25, 0.3) is 0 Å². The second-order valence-electron chi connectivity index (χ2n) is 5.88. The Morgan fingerprint density at radius 2 is 1.82 bits per heavy atom. The van der Waals surface area contributed by atoms with Gasteiger partial charge in [0.25, 0.3) is 0 Å². The number of amides is 1. The fourth-order valence-electron chi connectivity index (χ4n) is 2.58. The van der Waals surface area contributed by atoms with Gasteiger partial charge in [0, 0.05) is 25.3 Å². The summed E-state index contributed by atoms with van der Waals surface area (Å²) in [5.74, 6) is -0.584. The molecule has 0 heterocycles. The van der Waals surface area contributed by atoms with Crippen molar-refractivity contribution >= 4 is 21.6 Å². The fraction of sp³-hybridized carbons (Fsp3) is 0.316. The van der Waals surface area contributed by atoms with Crippen LogP contribution in [0.5, 0.6) is 11.5 Å². The van der Waals surface area contributed by atoms with Crippen LogP contribution in [-0.4, -0.2) is 53.0 Å². The van der Waals surface area contributed by atoms with Gasteiger partial charge >= 0.3 is 0 Å². The van der Waals surface area contributed by atoms with Crippen LogP contribution in [0.2, 0.25) is 0 Å². The molecule has 9 heteroatoms. The molecule has 0 spiro atoms. The van der Waals surface area contributed by atoms with Crippen LogP contribution in [0.4, 0.5) is 10.1 Å². The van der Waals surface area contributed by atoms with E-state index in [1.165, 1.54) is 25.2 Å². The summed E-state index contributed by atoms with van der Waals surface area (Å²) < 4.78 is 50.8. The fourth-order valence-corrected chi connectivity index (χ4v) is 4.14. The number of carbonyl (C=O) groups excluding carboxylic acids is 1. The molecule has 1 amide bonds. The van der Waals surface area contributed by atoms with Crippen LogP contribution < -0.4 is 14.4 Å². The van der Waals surface area contributed by atoms with E-state index >= 15 is 0 Å². The molecular formula is C19H23FN2O5S. The zero-order chi connectivity index (χ0) is 20.9. The predicted octanol–water partition coefficient (Wildman–Crippen LogP) is 2.52. The van der Waals surface area contributed by atoms with Crippen molar-refractivity contribution < 1.29 is 27.1 Å². The summed E-state index contributed by atoms with van der Waals surface area (Å²) in [7, 11) is 0.207. The zero-order valence-corrected chi connectivity index (χ0v) is 17.0. The molecule has 2 aromatic rings. The van der Waals surface area contributed by atoms with Crippen molar-refractivity contribution in [2.45, 2.75) is 11.8 Å². The second kappa shape index (κ2) is 9.03. The maximum absolute atomic E-state index is 13.6. The summed E-state index contributed by atoms with van der Waals surface area (Å²) >= 11 is 0. The third-order valence-corrected chi connectivity index (χ3v) is 6.16. The number of likely N-dealkylation sites (N-methyl/N-ethyl adjacent to an activating group) is 2. The maximum atomic E-state index is 13.6. The summed E-state index contributed by atoms with van der Waals surface area (Å²) in [6.45, 7) is 1.22. The van der Waals surface area contributed by atoms with Gasteiger partial charge in [-0.2, -0.15) is 4.31 Å². The molecule has 0 N–H and O–H groups in total. The van der Waals surface area contributed by atoms with Crippen LogP contribution in [0.15, 0.2) is 47.4 Å². The number of carbonyl (C=O) groups is 1. The van der Waals surface area contributed by atoms with E-state index in [1.807, 2.05) is 0 Å². The van der Waals surface area contributed by atoms with E-state index in [1.54, 1.807) is 38.2 Å². The Labute approximate surface area is 164 Å². The Hall–Kier alpha value is -2.65. The molecule has 0 bridgehead atoms. The summed E-state index contributed by atoms with van der Waals surface area (Å²) in [4.78, 5) is 13.7. The molecule has 28 heavy (non-hydrogen) atoms. The first-order chi connectivity index (χ1) is 13.2. The van der Waals surface area contributed by atoms with Crippen LogP contribution >= 0.6 is 0 Å².